The first-order chi connectivity index (χ1) is 9.24. The number of hydrogen-bond donors (Lipinski definition) is 1. The zero-order chi connectivity index (χ0) is 13.3. The summed E-state index contributed by atoms with van der Waals surface area (Å²) in [5, 5.41) is 7.40. The molecule has 0 aromatic carbocycles. The number of H-pyrrole nitrogens is 1. The minimum Gasteiger partial charge on any atom is -0.341 e. The monoisotopic (exact) mass is 280 g/mol. The molecule has 0 radical (unpaired) electrons. The quantitative estimate of drug-likeness (QED) is 0.861. The van der Waals surface area contributed by atoms with Gasteiger partial charge in [0.2, 0.25) is 5.95 Å². The lowest BCUT2D eigenvalue weighted by atomic mass is 9.77. The van der Waals surface area contributed by atoms with E-state index in [4.69, 9.17) is 12.2 Å². The van der Waals surface area contributed by atoms with Gasteiger partial charge in [-0.05, 0) is 49.7 Å². The van der Waals surface area contributed by atoms with Crippen LogP contribution in [0.5, 0.6) is 0 Å². The van der Waals surface area contributed by atoms with Crippen molar-refractivity contribution in [2.75, 3.05) is 18.0 Å². The van der Waals surface area contributed by atoms with Gasteiger partial charge in [-0.1, -0.05) is 19.8 Å². The molecule has 1 N–H and O–H groups in total. The minimum absolute atomic E-state index is 0.666. The molecule has 1 aliphatic carbocycles. The van der Waals surface area contributed by atoms with E-state index in [9.17, 15) is 0 Å². The lowest BCUT2D eigenvalue weighted by Gasteiger charge is -2.39. The highest BCUT2D eigenvalue weighted by atomic mass is 32.1. The van der Waals surface area contributed by atoms with Crippen LogP contribution in [-0.2, 0) is 6.54 Å². The summed E-state index contributed by atoms with van der Waals surface area (Å²) >= 11 is 5.33. The Morgan fingerprint density at radius 1 is 1.21 bits per heavy atom. The third-order valence-electron chi connectivity index (χ3n) is 4.96. The summed E-state index contributed by atoms with van der Waals surface area (Å²) in [7, 11) is 0. The summed E-state index contributed by atoms with van der Waals surface area (Å²) in [6.45, 7) is 5.43. The van der Waals surface area contributed by atoms with Crippen molar-refractivity contribution < 1.29 is 0 Å². The van der Waals surface area contributed by atoms with Crippen molar-refractivity contribution in [1.82, 2.24) is 14.8 Å². The first kappa shape index (κ1) is 13.2. The third kappa shape index (κ3) is 2.45. The summed E-state index contributed by atoms with van der Waals surface area (Å²) in [5.41, 5.74) is 0.666. The molecular weight excluding hydrogens is 256 g/mol. The van der Waals surface area contributed by atoms with Crippen LogP contribution in [0, 0.1) is 10.2 Å². The number of rotatable bonds is 3. The normalized spacial score (nSPS) is 22.3. The zero-order valence-corrected chi connectivity index (χ0v) is 12.6. The van der Waals surface area contributed by atoms with Crippen LogP contribution in [0.4, 0.5) is 5.95 Å². The summed E-state index contributed by atoms with van der Waals surface area (Å²) in [6, 6.07) is 0. The highest BCUT2D eigenvalue weighted by Crippen LogP contribution is 2.46. The standard InChI is InChI=1S/C14H24N4S/c1-2-9-18-12(15-16-13(18)19)17-10-7-14(8-11-17)5-3-4-6-14/h2-11H2,1H3,(H,16,19). The average Bonchev–Trinajstić information content (AvgIpc) is 3.01. The topological polar surface area (TPSA) is 36.9 Å². The van der Waals surface area contributed by atoms with Gasteiger partial charge in [-0.15, -0.1) is 5.10 Å². The van der Waals surface area contributed by atoms with Gasteiger partial charge < -0.3 is 4.90 Å². The molecule has 19 heavy (non-hydrogen) atoms. The molecule has 2 fully saturated rings. The second kappa shape index (κ2) is 5.27. The van der Waals surface area contributed by atoms with Crippen LogP contribution < -0.4 is 4.90 Å². The molecule has 1 saturated heterocycles. The van der Waals surface area contributed by atoms with Crippen LogP contribution >= 0.6 is 12.2 Å². The molecule has 2 aliphatic rings. The summed E-state index contributed by atoms with van der Waals surface area (Å²) in [5.74, 6) is 1.06. The molecule has 3 rings (SSSR count). The fourth-order valence-electron chi connectivity index (χ4n) is 3.78. The number of piperidine rings is 1. The van der Waals surface area contributed by atoms with Crippen molar-refractivity contribution >= 4 is 18.2 Å². The van der Waals surface area contributed by atoms with Gasteiger partial charge in [0.1, 0.15) is 0 Å². The number of nitrogens with one attached hydrogen (secondary N) is 1. The van der Waals surface area contributed by atoms with Crippen molar-refractivity contribution in [3.63, 3.8) is 0 Å². The number of aromatic nitrogens is 3. The van der Waals surface area contributed by atoms with E-state index in [1.165, 1.54) is 38.5 Å². The van der Waals surface area contributed by atoms with Gasteiger partial charge in [0.15, 0.2) is 4.77 Å². The fraction of sp³-hybridized carbons (Fsp3) is 0.857. The van der Waals surface area contributed by atoms with E-state index in [2.05, 4.69) is 26.6 Å². The SMILES string of the molecule is CCCn1c(N2CCC3(CCCC3)CC2)n[nH]c1=S. The lowest BCUT2D eigenvalue weighted by Crippen LogP contribution is -2.40. The van der Waals surface area contributed by atoms with Gasteiger partial charge in [-0.2, -0.15) is 0 Å². The molecule has 1 aliphatic heterocycles. The molecule has 2 heterocycles. The van der Waals surface area contributed by atoms with Crippen LogP contribution in [0.25, 0.3) is 0 Å². The number of anilines is 1. The Bertz CT molecular complexity index is 474. The van der Waals surface area contributed by atoms with Gasteiger partial charge in [-0.25, -0.2) is 5.10 Å². The Balaban J connectivity index is 1.73. The van der Waals surface area contributed by atoms with Crippen LogP contribution in [0.1, 0.15) is 51.9 Å². The van der Waals surface area contributed by atoms with E-state index < -0.39 is 0 Å². The Morgan fingerprint density at radius 2 is 1.89 bits per heavy atom. The van der Waals surface area contributed by atoms with Crippen molar-refractivity contribution in [2.24, 2.45) is 5.41 Å². The van der Waals surface area contributed by atoms with Crippen molar-refractivity contribution in [3.05, 3.63) is 4.77 Å². The molecule has 1 spiro atoms. The maximum absolute atomic E-state index is 5.33. The number of aromatic amines is 1. The summed E-state index contributed by atoms with van der Waals surface area (Å²) in [6.07, 6.45) is 9.53. The van der Waals surface area contributed by atoms with Crippen LogP contribution in [-0.4, -0.2) is 27.9 Å². The van der Waals surface area contributed by atoms with E-state index >= 15 is 0 Å². The zero-order valence-electron chi connectivity index (χ0n) is 11.8. The van der Waals surface area contributed by atoms with E-state index in [0.717, 1.165) is 36.8 Å². The maximum Gasteiger partial charge on any atom is 0.225 e. The second-order valence-corrected chi connectivity index (χ2v) is 6.56. The highest BCUT2D eigenvalue weighted by Gasteiger charge is 2.37. The Morgan fingerprint density at radius 3 is 2.53 bits per heavy atom. The smallest absolute Gasteiger partial charge is 0.225 e. The molecule has 106 valence electrons. The van der Waals surface area contributed by atoms with E-state index in [-0.39, 0.29) is 0 Å². The molecular formula is C14H24N4S. The highest BCUT2D eigenvalue weighted by molar-refractivity contribution is 7.71. The van der Waals surface area contributed by atoms with Gasteiger partial charge in [0.05, 0.1) is 0 Å². The van der Waals surface area contributed by atoms with Crippen LogP contribution in [0.2, 0.25) is 0 Å². The van der Waals surface area contributed by atoms with E-state index in [1.807, 2.05) is 0 Å². The van der Waals surface area contributed by atoms with Crippen molar-refractivity contribution in [3.8, 4) is 0 Å². The Labute approximate surface area is 120 Å². The van der Waals surface area contributed by atoms with Crippen LogP contribution in [0.3, 0.4) is 0 Å². The first-order valence-corrected chi connectivity index (χ1v) is 8.05. The van der Waals surface area contributed by atoms with Gasteiger partial charge >= 0.3 is 0 Å². The molecule has 0 atom stereocenters. The minimum atomic E-state index is 0.666. The van der Waals surface area contributed by atoms with Crippen molar-refractivity contribution in [2.45, 2.75) is 58.4 Å². The third-order valence-corrected chi connectivity index (χ3v) is 5.27. The average molecular weight is 280 g/mol. The number of hydrogen-bond acceptors (Lipinski definition) is 3. The van der Waals surface area contributed by atoms with E-state index in [1.54, 1.807) is 0 Å². The summed E-state index contributed by atoms with van der Waals surface area (Å²) in [4.78, 5) is 2.42. The Hall–Kier alpha value is -0.840. The molecule has 1 aromatic rings. The van der Waals surface area contributed by atoms with Gasteiger partial charge in [0.25, 0.3) is 0 Å². The molecule has 1 saturated carbocycles. The largest absolute Gasteiger partial charge is 0.341 e. The van der Waals surface area contributed by atoms with Gasteiger partial charge in [-0.3, -0.25) is 4.57 Å². The Kier molecular flexibility index (Phi) is 3.65. The summed E-state index contributed by atoms with van der Waals surface area (Å²) < 4.78 is 2.92. The molecule has 0 amide bonds. The number of nitrogens with zero attached hydrogens (tertiary/aromatic N) is 3. The lowest BCUT2D eigenvalue weighted by molar-refractivity contribution is 0.225. The van der Waals surface area contributed by atoms with E-state index in [0.29, 0.717) is 5.41 Å². The van der Waals surface area contributed by atoms with Crippen molar-refractivity contribution in [1.29, 1.82) is 0 Å². The van der Waals surface area contributed by atoms with Gasteiger partial charge in [0, 0.05) is 19.6 Å². The first-order valence-electron chi connectivity index (χ1n) is 7.64. The fourth-order valence-corrected chi connectivity index (χ4v) is 4.00. The molecule has 0 unspecified atom stereocenters. The molecule has 1 aromatic heterocycles. The predicted molar refractivity (Wildman–Crippen MR) is 80.1 cm³/mol. The second-order valence-electron chi connectivity index (χ2n) is 6.17. The predicted octanol–water partition coefficient (Wildman–Crippen LogP) is 3.51. The van der Waals surface area contributed by atoms with Crippen LogP contribution in [0.15, 0.2) is 0 Å². The maximum atomic E-state index is 5.33. The molecule has 4 nitrogen and oxygen atoms in total. The molecule has 0 bridgehead atoms. The molecule has 5 heteroatoms.